The van der Waals surface area contributed by atoms with Gasteiger partial charge < -0.3 is 23.8 Å². The molecule has 1 aromatic heterocycles. The van der Waals surface area contributed by atoms with Gasteiger partial charge in [-0.3, -0.25) is 9.48 Å². The van der Waals surface area contributed by atoms with Crippen LogP contribution in [0.4, 0.5) is 0 Å². The second kappa shape index (κ2) is 7.54. The zero-order chi connectivity index (χ0) is 21.5. The van der Waals surface area contributed by atoms with Gasteiger partial charge in [-0.05, 0) is 49.7 Å². The summed E-state index contributed by atoms with van der Waals surface area (Å²) in [4.78, 5) is 15.4. The molecule has 0 atom stereocenters. The van der Waals surface area contributed by atoms with Crippen molar-refractivity contribution < 1.29 is 23.7 Å². The summed E-state index contributed by atoms with van der Waals surface area (Å²) in [5, 5.41) is 4.50. The molecule has 31 heavy (non-hydrogen) atoms. The third-order valence-electron chi connectivity index (χ3n) is 5.73. The molecule has 0 radical (unpaired) electrons. The molecule has 5 rings (SSSR count). The maximum absolute atomic E-state index is 13.6. The van der Waals surface area contributed by atoms with Crippen molar-refractivity contribution in [2.45, 2.75) is 26.9 Å². The first-order chi connectivity index (χ1) is 15.0. The molecule has 160 valence electrons. The van der Waals surface area contributed by atoms with Crippen LogP contribution in [0.1, 0.15) is 32.9 Å². The van der Waals surface area contributed by atoms with Gasteiger partial charge in [0.2, 0.25) is 13.6 Å². The van der Waals surface area contributed by atoms with E-state index < -0.39 is 0 Å². The van der Waals surface area contributed by atoms with Crippen LogP contribution in [-0.4, -0.2) is 34.2 Å². The number of hydrogen-bond acceptors (Lipinski definition) is 6. The molecular weight excluding hydrogens is 398 g/mol. The lowest BCUT2D eigenvalue weighted by molar-refractivity contribution is 0.0729. The Bertz CT molecular complexity index is 1170. The van der Waals surface area contributed by atoms with Gasteiger partial charge in [0.25, 0.3) is 5.91 Å². The summed E-state index contributed by atoms with van der Waals surface area (Å²) in [7, 11) is 1.91. The van der Waals surface area contributed by atoms with E-state index in [4.69, 9.17) is 18.9 Å². The number of rotatable bonds is 5. The number of nitrogens with zero attached hydrogens (tertiary/aromatic N) is 3. The second-order valence-electron chi connectivity index (χ2n) is 7.69. The lowest BCUT2D eigenvalue weighted by atomic mass is 10.1. The Morgan fingerprint density at radius 3 is 2.26 bits per heavy atom. The lowest BCUT2D eigenvalue weighted by Crippen LogP contribution is -2.30. The Hall–Kier alpha value is -3.68. The third-order valence-corrected chi connectivity index (χ3v) is 5.73. The Kier molecular flexibility index (Phi) is 4.69. The summed E-state index contributed by atoms with van der Waals surface area (Å²) >= 11 is 0. The van der Waals surface area contributed by atoms with Crippen molar-refractivity contribution in [1.29, 1.82) is 0 Å². The summed E-state index contributed by atoms with van der Waals surface area (Å²) in [6, 6.07) is 11.0. The fourth-order valence-electron chi connectivity index (χ4n) is 3.91. The van der Waals surface area contributed by atoms with Crippen molar-refractivity contribution in [2.24, 2.45) is 7.05 Å². The quantitative estimate of drug-likeness (QED) is 0.629. The number of benzene rings is 2. The van der Waals surface area contributed by atoms with Crippen LogP contribution in [0.3, 0.4) is 0 Å². The lowest BCUT2D eigenvalue weighted by Gasteiger charge is -2.24. The molecule has 3 heterocycles. The average molecular weight is 421 g/mol. The summed E-state index contributed by atoms with van der Waals surface area (Å²) < 4.78 is 23.6. The van der Waals surface area contributed by atoms with E-state index in [0.717, 1.165) is 28.3 Å². The number of hydrogen-bond donors (Lipinski definition) is 0. The van der Waals surface area contributed by atoms with E-state index in [1.165, 1.54) is 0 Å². The Morgan fingerprint density at radius 2 is 1.58 bits per heavy atom. The standard InChI is InChI=1S/C23H23N3O5/c1-14-18(15(2)25(3)24-14)11-26(10-16-4-6-19-21(8-16)30-12-28-19)23(27)17-5-7-20-22(9-17)31-13-29-20/h4-9H,10-13H2,1-3H3. The minimum Gasteiger partial charge on any atom is -0.454 e. The Balaban J connectivity index is 1.48. The zero-order valence-electron chi connectivity index (χ0n) is 17.7. The highest BCUT2D eigenvalue weighted by Gasteiger charge is 2.24. The van der Waals surface area contributed by atoms with Crippen LogP contribution in [0.15, 0.2) is 36.4 Å². The van der Waals surface area contributed by atoms with Crippen LogP contribution in [0.5, 0.6) is 23.0 Å². The van der Waals surface area contributed by atoms with Crippen molar-refractivity contribution in [3.8, 4) is 23.0 Å². The molecule has 0 spiro atoms. The maximum atomic E-state index is 13.6. The first kappa shape index (κ1) is 19.3. The number of aromatic nitrogens is 2. The smallest absolute Gasteiger partial charge is 0.254 e. The zero-order valence-corrected chi connectivity index (χ0v) is 17.7. The molecule has 2 aliphatic heterocycles. The normalized spacial score (nSPS) is 13.5. The monoisotopic (exact) mass is 421 g/mol. The van der Waals surface area contributed by atoms with Gasteiger partial charge in [0.05, 0.1) is 5.69 Å². The molecule has 0 unspecified atom stereocenters. The molecule has 8 heteroatoms. The fourth-order valence-corrected chi connectivity index (χ4v) is 3.91. The van der Waals surface area contributed by atoms with E-state index in [1.54, 1.807) is 18.2 Å². The molecule has 0 N–H and O–H groups in total. The molecule has 0 saturated heterocycles. The van der Waals surface area contributed by atoms with Crippen LogP contribution in [0, 0.1) is 13.8 Å². The van der Waals surface area contributed by atoms with Gasteiger partial charge in [0.15, 0.2) is 23.0 Å². The van der Waals surface area contributed by atoms with E-state index in [-0.39, 0.29) is 19.5 Å². The van der Waals surface area contributed by atoms with E-state index in [9.17, 15) is 4.79 Å². The minimum absolute atomic E-state index is 0.0985. The van der Waals surface area contributed by atoms with Gasteiger partial charge in [-0.25, -0.2) is 0 Å². The summed E-state index contributed by atoms with van der Waals surface area (Å²) in [5.74, 6) is 2.55. The number of ether oxygens (including phenoxy) is 4. The molecular formula is C23H23N3O5. The fraction of sp³-hybridized carbons (Fsp3) is 0.304. The Morgan fingerprint density at radius 1 is 0.935 bits per heavy atom. The van der Waals surface area contributed by atoms with Crippen LogP contribution in [0.25, 0.3) is 0 Å². The van der Waals surface area contributed by atoms with Crippen molar-refractivity contribution >= 4 is 5.91 Å². The SMILES string of the molecule is Cc1nn(C)c(C)c1CN(Cc1ccc2c(c1)OCO2)C(=O)c1ccc2c(c1)OCO2. The predicted octanol–water partition coefficient (Wildman–Crippen LogP) is 3.34. The van der Waals surface area contributed by atoms with E-state index in [2.05, 4.69) is 5.10 Å². The van der Waals surface area contributed by atoms with Crippen LogP contribution < -0.4 is 18.9 Å². The van der Waals surface area contributed by atoms with Crippen molar-refractivity contribution in [1.82, 2.24) is 14.7 Å². The minimum atomic E-state index is -0.0985. The molecule has 8 nitrogen and oxygen atoms in total. The van der Waals surface area contributed by atoms with Crippen LogP contribution in [-0.2, 0) is 20.1 Å². The summed E-state index contributed by atoms with van der Waals surface area (Å²) in [6.07, 6.45) is 0. The number of fused-ring (bicyclic) bond motifs is 2. The third kappa shape index (κ3) is 3.54. The Labute approximate surface area is 179 Å². The molecule has 2 aliphatic rings. The predicted molar refractivity (Wildman–Crippen MR) is 111 cm³/mol. The highest BCUT2D eigenvalue weighted by molar-refractivity contribution is 5.95. The molecule has 2 aromatic carbocycles. The van der Waals surface area contributed by atoms with Crippen molar-refractivity contribution in [3.63, 3.8) is 0 Å². The highest BCUT2D eigenvalue weighted by atomic mass is 16.7. The number of carbonyl (C=O) groups excluding carboxylic acids is 1. The number of amides is 1. The second-order valence-corrected chi connectivity index (χ2v) is 7.69. The highest BCUT2D eigenvalue weighted by Crippen LogP contribution is 2.35. The molecule has 0 saturated carbocycles. The molecule has 0 bridgehead atoms. The maximum Gasteiger partial charge on any atom is 0.254 e. The van der Waals surface area contributed by atoms with Gasteiger partial charge in [-0.2, -0.15) is 5.10 Å². The van der Waals surface area contributed by atoms with E-state index in [0.29, 0.717) is 35.9 Å². The van der Waals surface area contributed by atoms with Gasteiger partial charge in [0, 0.05) is 37.0 Å². The first-order valence-electron chi connectivity index (χ1n) is 10.1. The molecule has 1 amide bonds. The van der Waals surface area contributed by atoms with Gasteiger partial charge in [0.1, 0.15) is 0 Å². The van der Waals surface area contributed by atoms with Crippen LogP contribution >= 0.6 is 0 Å². The first-order valence-corrected chi connectivity index (χ1v) is 10.1. The summed E-state index contributed by atoms with van der Waals surface area (Å²) in [5.41, 5.74) is 4.49. The molecule has 0 aliphatic carbocycles. The van der Waals surface area contributed by atoms with Gasteiger partial charge >= 0.3 is 0 Å². The topological polar surface area (TPSA) is 75.1 Å². The van der Waals surface area contributed by atoms with Crippen molar-refractivity contribution in [3.05, 3.63) is 64.5 Å². The number of carbonyl (C=O) groups is 1. The number of aryl methyl sites for hydroxylation is 2. The van der Waals surface area contributed by atoms with E-state index >= 15 is 0 Å². The van der Waals surface area contributed by atoms with E-state index in [1.807, 2.05) is 48.7 Å². The average Bonchev–Trinajstić information content (AvgIpc) is 3.48. The van der Waals surface area contributed by atoms with Crippen LogP contribution in [0.2, 0.25) is 0 Å². The van der Waals surface area contributed by atoms with Gasteiger partial charge in [-0.1, -0.05) is 6.07 Å². The van der Waals surface area contributed by atoms with Crippen molar-refractivity contribution in [2.75, 3.05) is 13.6 Å². The molecule has 3 aromatic rings. The molecule has 0 fully saturated rings. The van der Waals surface area contributed by atoms with Gasteiger partial charge in [-0.15, -0.1) is 0 Å². The summed E-state index contributed by atoms with van der Waals surface area (Å²) in [6.45, 7) is 5.21. The largest absolute Gasteiger partial charge is 0.454 e.